The largest absolute Gasteiger partial charge is 0.338 e. The predicted octanol–water partition coefficient (Wildman–Crippen LogP) is 8.35. The molecule has 192 valence electrons. The zero-order valence-electron chi connectivity index (χ0n) is 22.9. The summed E-state index contributed by atoms with van der Waals surface area (Å²) in [7, 11) is 0. The van der Waals surface area contributed by atoms with Gasteiger partial charge in [0.25, 0.3) is 0 Å². The first-order valence-corrected chi connectivity index (χ1v) is 14.3. The fraction of sp³-hybridized carbons (Fsp3) is 0.441. The number of H-pyrrole nitrogens is 1. The first kappa shape index (κ1) is 24.4. The standard InChI is InChI=1S/C34H41N3/c1-23-20-27(33-35-31-15-12-28(34(2,3)4)22-32(31)36-33)11-14-30(23)26-10-13-29(21-26)37-18-16-25(17-19-37)24-8-6-5-7-9-24/h5-9,11-12,14-15,20,22,25-26,29H,10,13,16-19,21H2,1-4H3,(H,35,36). The number of rotatable bonds is 4. The zero-order valence-corrected chi connectivity index (χ0v) is 22.9. The Morgan fingerprint density at radius 3 is 2.35 bits per heavy atom. The minimum absolute atomic E-state index is 0.134. The Labute approximate surface area is 222 Å². The molecule has 2 unspecified atom stereocenters. The van der Waals surface area contributed by atoms with Crippen LogP contribution in [0, 0.1) is 6.92 Å². The summed E-state index contributed by atoms with van der Waals surface area (Å²) in [5.74, 6) is 2.39. The van der Waals surface area contributed by atoms with Gasteiger partial charge in [-0.25, -0.2) is 4.98 Å². The Hall–Kier alpha value is -2.91. The van der Waals surface area contributed by atoms with Gasteiger partial charge in [0, 0.05) is 11.6 Å². The van der Waals surface area contributed by atoms with Crippen LogP contribution in [0.15, 0.2) is 66.7 Å². The molecule has 1 saturated heterocycles. The Morgan fingerprint density at radius 2 is 1.62 bits per heavy atom. The van der Waals surface area contributed by atoms with Gasteiger partial charge in [0.2, 0.25) is 0 Å². The molecular weight excluding hydrogens is 450 g/mol. The Bertz CT molecular complexity index is 1370. The fourth-order valence-corrected chi connectivity index (χ4v) is 6.79. The lowest BCUT2D eigenvalue weighted by Crippen LogP contribution is -2.39. The molecule has 1 aliphatic heterocycles. The van der Waals surface area contributed by atoms with E-state index in [1.165, 1.54) is 73.0 Å². The average molecular weight is 492 g/mol. The molecule has 4 aromatic rings. The SMILES string of the molecule is Cc1cc(-c2nc3ccc(C(C)(C)C)cc3[nH]2)ccc1C1CCC(N2CCC(c3ccccc3)CC2)C1. The van der Waals surface area contributed by atoms with Gasteiger partial charge in [-0.05, 0) is 110 Å². The Balaban J connectivity index is 1.12. The van der Waals surface area contributed by atoms with E-state index >= 15 is 0 Å². The molecule has 3 aromatic carbocycles. The molecule has 2 fully saturated rings. The number of imidazole rings is 1. The van der Waals surface area contributed by atoms with E-state index in [9.17, 15) is 0 Å². The number of piperidine rings is 1. The van der Waals surface area contributed by atoms with Gasteiger partial charge in [-0.1, -0.05) is 69.3 Å². The third-order valence-corrected chi connectivity index (χ3v) is 9.05. The molecule has 0 amide bonds. The summed E-state index contributed by atoms with van der Waals surface area (Å²) in [6, 6.07) is 25.5. The molecule has 37 heavy (non-hydrogen) atoms. The van der Waals surface area contributed by atoms with Gasteiger partial charge < -0.3 is 9.88 Å². The van der Waals surface area contributed by atoms with Crippen LogP contribution < -0.4 is 0 Å². The molecule has 2 aliphatic rings. The number of benzene rings is 3. The highest BCUT2D eigenvalue weighted by atomic mass is 15.2. The molecule has 6 rings (SSSR count). The van der Waals surface area contributed by atoms with Crippen molar-refractivity contribution in [1.82, 2.24) is 14.9 Å². The average Bonchev–Trinajstić information content (AvgIpc) is 3.56. The molecule has 0 bridgehead atoms. The second-order valence-electron chi connectivity index (χ2n) is 12.5. The van der Waals surface area contributed by atoms with Crippen LogP contribution in [-0.4, -0.2) is 34.0 Å². The molecule has 2 heterocycles. The third-order valence-electron chi connectivity index (χ3n) is 9.05. The van der Waals surface area contributed by atoms with E-state index in [-0.39, 0.29) is 5.41 Å². The van der Waals surface area contributed by atoms with Crippen molar-refractivity contribution in [3.8, 4) is 11.4 Å². The summed E-state index contributed by atoms with van der Waals surface area (Å²) in [4.78, 5) is 11.3. The molecule has 2 atom stereocenters. The normalized spacial score (nSPS) is 21.6. The van der Waals surface area contributed by atoms with Crippen molar-refractivity contribution in [3.63, 3.8) is 0 Å². The van der Waals surface area contributed by atoms with Gasteiger partial charge in [-0.3, -0.25) is 0 Å². The lowest BCUT2D eigenvalue weighted by molar-refractivity contribution is 0.153. The monoisotopic (exact) mass is 491 g/mol. The van der Waals surface area contributed by atoms with Crippen molar-refractivity contribution in [2.45, 2.75) is 83.1 Å². The van der Waals surface area contributed by atoms with Gasteiger partial charge in [0.1, 0.15) is 5.82 Å². The van der Waals surface area contributed by atoms with Crippen LogP contribution in [0.3, 0.4) is 0 Å². The number of likely N-dealkylation sites (tertiary alicyclic amines) is 1. The molecule has 0 spiro atoms. The number of hydrogen-bond donors (Lipinski definition) is 1. The summed E-state index contributed by atoms with van der Waals surface area (Å²) in [5, 5.41) is 0. The number of hydrogen-bond acceptors (Lipinski definition) is 2. The highest BCUT2D eigenvalue weighted by molar-refractivity contribution is 5.80. The molecule has 1 saturated carbocycles. The van der Waals surface area contributed by atoms with E-state index in [0.717, 1.165) is 28.8 Å². The van der Waals surface area contributed by atoms with Crippen LogP contribution in [0.5, 0.6) is 0 Å². The third kappa shape index (κ3) is 4.99. The lowest BCUT2D eigenvalue weighted by atomic mass is 9.87. The van der Waals surface area contributed by atoms with Gasteiger partial charge in [-0.15, -0.1) is 0 Å². The first-order valence-electron chi connectivity index (χ1n) is 14.3. The van der Waals surface area contributed by atoms with Crippen LogP contribution in [0.25, 0.3) is 22.4 Å². The summed E-state index contributed by atoms with van der Waals surface area (Å²) < 4.78 is 0. The minimum atomic E-state index is 0.134. The van der Waals surface area contributed by atoms with Crippen LogP contribution >= 0.6 is 0 Å². The highest BCUT2D eigenvalue weighted by Crippen LogP contribution is 2.41. The molecular formula is C34H41N3. The Kier molecular flexibility index (Phi) is 6.44. The molecule has 1 aromatic heterocycles. The van der Waals surface area contributed by atoms with E-state index in [2.05, 4.69) is 104 Å². The van der Waals surface area contributed by atoms with Gasteiger partial charge >= 0.3 is 0 Å². The molecule has 1 N–H and O–H groups in total. The van der Waals surface area contributed by atoms with Crippen molar-refractivity contribution < 1.29 is 0 Å². The van der Waals surface area contributed by atoms with Crippen molar-refractivity contribution in [3.05, 3.63) is 89.0 Å². The summed E-state index contributed by atoms with van der Waals surface area (Å²) >= 11 is 0. The van der Waals surface area contributed by atoms with E-state index in [4.69, 9.17) is 4.98 Å². The van der Waals surface area contributed by atoms with Crippen molar-refractivity contribution in [1.29, 1.82) is 0 Å². The van der Waals surface area contributed by atoms with Crippen LogP contribution in [-0.2, 0) is 5.41 Å². The second-order valence-corrected chi connectivity index (χ2v) is 12.5. The van der Waals surface area contributed by atoms with Crippen molar-refractivity contribution in [2.75, 3.05) is 13.1 Å². The number of aromatic nitrogens is 2. The maximum Gasteiger partial charge on any atom is 0.138 e. The predicted molar refractivity (Wildman–Crippen MR) is 155 cm³/mol. The summed E-state index contributed by atoms with van der Waals surface area (Å²) in [6.45, 7) is 11.6. The van der Waals surface area contributed by atoms with Gasteiger partial charge in [0.15, 0.2) is 0 Å². The number of aromatic amines is 1. The quantitative estimate of drug-likeness (QED) is 0.311. The van der Waals surface area contributed by atoms with Crippen LogP contribution in [0.2, 0.25) is 0 Å². The van der Waals surface area contributed by atoms with Crippen LogP contribution in [0.4, 0.5) is 0 Å². The van der Waals surface area contributed by atoms with Crippen LogP contribution in [0.1, 0.15) is 87.0 Å². The fourth-order valence-electron chi connectivity index (χ4n) is 6.79. The lowest BCUT2D eigenvalue weighted by Gasteiger charge is -2.36. The molecule has 1 aliphatic carbocycles. The zero-order chi connectivity index (χ0) is 25.6. The van der Waals surface area contributed by atoms with Crippen molar-refractivity contribution in [2.24, 2.45) is 0 Å². The summed E-state index contributed by atoms with van der Waals surface area (Å²) in [5.41, 5.74) is 9.29. The van der Waals surface area contributed by atoms with Crippen molar-refractivity contribution >= 4 is 11.0 Å². The summed E-state index contributed by atoms with van der Waals surface area (Å²) in [6.07, 6.45) is 6.54. The molecule has 3 heteroatoms. The van der Waals surface area contributed by atoms with E-state index in [1.54, 1.807) is 0 Å². The van der Waals surface area contributed by atoms with E-state index < -0.39 is 0 Å². The van der Waals surface area contributed by atoms with E-state index in [1.807, 2.05) is 0 Å². The highest BCUT2D eigenvalue weighted by Gasteiger charge is 2.33. The smallest absolute Gasteiger partial charge is 0.138 e. The molecule has 3 nitrogen and oxygen atoms in total. The number of nitrogens with one attached hydrogen (secondary N) is 1. The maximum absolute atomic E-state index is 4.91. The number of aryl methyl sites for hydroxylation is 1. The van der Waals surface area contributed by atoms with Gasteiger partial charge in [0.05, 0.1) is 11.0 Å². The van der Waals surface area contributed by atoms with Gasteiger partial charge in [-0.2, -0.15) is 0 Å². The van der Waals surface area contributed by atoms with E-state index in [0.29, 0.717) is 5.92 Å². The topological polar surface area (TPSA) is 31.9 Å². The minimum Gasteiger partial charge on any atom is -0.338 e. The number of nitrogens with zero attached hydrogens (tertiary/aromatic N) is 2. The number of fused-ring (bicyclic) bond motifs is 1. The Morgan fingerprint density at radius 1 is 0.838 bits per heavy atom. The second kappa shape index (κ2) is 9.76. The molecule has 0 radical (unpaired) electrons. The maximum atomic E-state index is 4.91. The first-order chi connectivity index (χ1) is 17.8.